The molecule has 0 rings (SSSR count). The maximum absolute atomic E-state index is 10.8. The van der Waals surface area contributed by atoms with Crippen LogP contribution >= 0.6 is 0 Å². The van der Waals surface area contributed by atoms with E-state index in [1.807, 2.05) is 0 Å². The van der Waals surface area contributed by atoms with E-state index in [2.05, 4.69) is 0 Å². The van der Waals surface area contributed by atoms with Gasteiger partial charge >= 0.3 is 11.9 Å². The van der Waals surface area contributed by atoms with Crippen LogP contribution in [0.2, 0.25) is 0 Å². The van der Waals surface area contributed by atoms with Crippen LogP contribution in [0.3, 0.4) is 0 Å². The summed E-state index contributed by atoms with van der Waals surface area (Å²) in [6.07, 6.45) is 1.27. The zero-order valence-electron chi connectivity index (χ0n) is 12.9. The van der Waals surface area contributed by atoms with Crippen LogP contribution in [0.4, 0.5) is 0 Å². The van der Waals surface area contributed by atoms with E-state index in [4.69, 9.17) is 30.2 Å². The van der Waals surface area contributed by atoms with Crippen molar-refractivity contribution in [2.24, 2.45) is 11.7 Å². The Hall–Kier alpha value is -1.22. The highest BCUT2D eigenvalue weighted by molar-refractivity contribution is 5.77. The molecular weight excluding hydrogens is 294 g/mol. The van der Waals surface area contributed by atoms with E-state index in [-0.39, 0.29) is 12.8 Å². The second-order valence-electron chi connectivity index (χ2n) is 4.75. The lowest BCUT2D eigenvalue weighted by molar-refractivity contribution is -0.148. The van der Waals surface area contributed by atoms with Crippen LogP contribution in [0.25, 0.3) is 0 Å². The summed E-state index contributed by atoms with van der Waals surface area (Å²) in [5.41, 5.74) is 5.32. The number of carboxylic acid groups (broad SMARTS) is 2. The second-order valence-corrected chi connectivity index (χ2v) is 4.75. The maximum atomic E-state index is 10.8. The highest BCUT2D eigenvalue weighted by Crippen LogP contribution is 2.11. The molecule has 22 heavy (non-hydrogen) atoms. The van der Waals surface area contributed by atoms with Crippen molar-refractivity contribution >= 4 is 11.9 Å². The normalized spacial score (nSPS) is 12.2. The van der Waals surface area contributed by atoms with Gasteiger partial charge in [0.15, 0.2) is 0 Å². The number of carboxylic acids is 2. The number of rotatable bonds is 16. The minimum atomic E-state index is -1.10. The molecule has 0 aliphatic heterocycles. The van der Waals surface area contributed by atoms with Gasteiger partial charge in [-0.25, -0.2) is 0 Å². The molecule has 1 atom stereocenters. The first-order valence-corrected chi connectivity index (χ1v) is 7.45. The molecule has 0 aliphatic rings. The van der Waals surface area contributed by atoms with Crippen molar-refractivity contribution in [1.29, 1.82) is 0 Å². The Morgan fingerprint density at radius 3 is 1.82 bits per heavy atom. The van der Waals surface area contributed by atoms with Gasteiger partial charge in [0.25, 0.3) is 0 Å². The lowest BCUT2D eigenvalue weighted by Gasteiger charge is -2.10. The van der Waals surface area contributed by atoms with Gasteiger partial charge in [-0.2, -0.15) is 0 Å². The van der Waals surface area contributed by atoms with Crippen molar-refractivity contribution in [2.45, 2.75) is 25.7 Å². The smallest absolute Gasteiger partial charge is 0.307 e. The van der Waals surface area contributed by atoms with Gasteiger partial charge in [0.2, 0.25) is 0 Å². The predicted octanol–water partition coefficient (Wildman–Crippen LogP) is 0.341. The third kappa shape index (κ3) is 13.7. The third-order valence-corrected chi connectivity index (χ3v) is 2.85. The summed E-state index contributed by atoms with van der Waals surface area (Å²) in [6.45, 7) is 3.52. The van der Waals surface area contributed by atoms with E-state index in [0.717, 1.165) is 6.42 Å². The van der Waals surface area contributed by atoms with E-state index >= 15 is 0 Å². The molecule has 0 spiro atoms. The Bertz CT molecular complexity index is 299. The fourth-order valence-corrected chi connectivity index (χ4v) is 1.68. The van der Waals surface area contributed by atoms with Crippen LogP contribution in [-0.2, 0) is 23.8 Å². The van der Waals surface area contributed by atoms with Crippen molar-refractivity contribution in [2.75, 3.05) is 46.2 Å². The van der Waals surface area contributed by atoms with E-state index in [0.29, 0.717) is 52.6 Å². The summed E-state index contributed by atoms with van der Waals surface area (Å²) in [6, 6.07) is 0. The molecule has 0 bridgehead atoms. The third-order valence-electron chi connectivity index (χ3n) is 2.85. The minimum absolute atomic E-state index is 0.289. The average molecular weight is 321 g/mol. The number of aliphatic carboxylic acids is 2. The molecule has 0 radical (unpaired) electrons. The lowest BCUT2D eigenvalue weighted by Crippen LogP contribution is -2.18. The minimum Gasteiger partial charge on any atom is -0.481 e. The van der Waals surface area contributed by atoms with Gasteiger partial charge < -0.3 is 30.2 Å². The summed E-state index contributed by atoms with van der Waals surface area (Å²) in [7, 11) is 0. The van der Waals surface area contributed by atoms with Crippen molar-refractivity contribution in [1.82, 2.24) is 0 Å². The predicted molar refractivity (Wildman–Crippen MR) is 78.7 cm³/mol. The Labute approximate surface area is 130 Å². The number of hydrogen-bond donors (Lipinski definition) is 3. The van der Waals surface area contributed by atoms with Crippen molar-refractivity contribution in [3.63, 3.8) is 0 Å². The summed E-state index contributed by atoms with van der Waals surface area (Å²) in [5.74, 6) is -3.04. The maximum Gasteiger partial charge on any atom is 0.307 e. The Kier molecular flexibility index (Phi) is 13.9. The molecule has 8 heteroatoms. The van der Waals surface area contributed by atoms with Gasteiger partial charge in [0, 0.05) is 13.2 Å². The highest BCUT2D eigenvalue weighted by Gasteiger charge is 2.20. The van der Waals surface area contributed by atoms with Gasteiger partial charge in [-0.15, -0.1) is 0 Å². The number of nitrogens with two attached hydrogens (primary N) is 1. The molecule has 8 nitrogen and oxygen atoms in total. The molecular formula is C14H27NO7. The zero-order chi connectivity index (χ0) is 16.6. The van der Waals surface area contributed by atoms with Crippen LogP contribution in [0.1, 0.15) is 25.7 Å². The van der Waals surface area contributed by atoms with Gasteiger partial charge in [-0.05, 0) is 25.8 Å². The molecule has 0 fully saturated rings. The molecule has 0 aliphatic carbocycles. The number of hydrogen-bond acceptors (Lipinski definition) is 6. The quantitative estimate of drug-likeness (QED) is 0.347. The fourth-order valence-electron chi connectivity index (χ4n) is 1.68. The topological polar surface area (TPSA) is 128 Å². The first kappa shape index (κ1) is 20.8. The summed E-state index contributed by atoms with van der Waals surface area (Å²) >= 11 is 0. The van der Waals surface area contributed by atoms with Crippen molar-refractivity contribution < 1.29 is 34.0 Å². The van der Waals surface area contributed by atoms with E-state index < -0.39 is 17.9 Å². The molecule has 0 aromatic heterocycles. The van der Waals surface area contributed by atoms with Crippen molar-refractivity contribution in [3.8, 4) is 0 Å². The van der Waals surface area contributed by atoms with Crippen LogP contribution < -0.4 is 5.73 Å². The molecule has 0 aromatic rings. The first-order valence-electron chi connectivity index (χ1n) is 7.45. The monoisotopic (exact) mass is 321 g/mol. The van der Waals surface area contributed by atoms with Crippen LogP contribution in [0.15, 0.2) is 0 Å². The van der Waals surface area contributed by atoms with Gasteiger partial charge in [-0.3, -0.25) is 9.59 Å². The van der Waals surface area contributed by atoms with Crippen LogP contribution in [0.5, 0.6) is 0 Å². The van der Waals surface area contributed by atoms with Crippen molar-refractivity contribution in [3.05, 3.63) is 0 Å². The Morgan fingerprint density at radius 1 is 0.864 bits per heavy atom. The van der Waals surface area contributed by atoms with E-state index in [9.17, 15) is 9.59 Å². The summed E-state index contributed by atoms with van der Waals surface area (Å²) in [5, 5.41) is 17.5. The van der Waals surface area contributed by atoms with Crippen LogP contribution in [0, 0.1) is 5.92 Å². The molecule has 4 N–H and O–H groups in total. The van der Waals surface area contributed by atoms with Gasteiger partial charge in [0.05, 0.1) is 38.8 Å². The molecule has 0 aromatic carbocycles. The molecule has 0 saturated carbocycles. The summed E-state index contributed by atoms with van der Waals surface area (Å²) < 4.78 is 15.8. The standard InChI is InChI=1S/C14H27NO7/c15-4-2-6-21-8-10-22-9-7-20-5-1-3-12(14(18)19)11-13(16)17/h12H,1-11,15H2,(H,16,17)(H,18,19). The second kappa shape index (κ2) is 14.7. The largest absolute Gasteiger partial charge is 0.481 e. The zero-order valence-corrected chi connectivity index (χ0v) is 12.9. The van der Waals surface area contributed by atoms with Crippen LogP contribution in [-0.4, -0.2) is 68.3 Å². The fraction of sp³-hybridized carbons (Fsp3) is 0.857. The lowest BCUT2D eigenvalue weighted by atomic mass is 10.00. The average Bonchev–Trinajstić information content (AvgIpc) is 2.46. The number of carbonyl (C=O) groups is 2. The van der Waals surface area contributed by atoms with Gasteiger partial charge in [-0.1, -0.05) is 0 Å². The Morgan fingerprint density at radius 2 is 1.36 bits per heavy atom. The SMILES string of the molecule is NCCCOCCOCCOCCCC(CC(=O)O)C(=O)O. The number of ether oxygens (including phenoxy) is 3. The highest BCUT2D eigenvalue weighted by atomic mass is 16.5. The van der Waals surface area contributed by atoms with E-state index in [1.165, 1.54) is 0 Å². The molecule has 130 valence electrons. The first-order chi connectivity index (χ1) is 10.6. The van der Waals surface area contributed by atoms with Gasteiger partial charge in [0.1, 0.15) is 0 Å². The molecule has 0 amide bonds. The Balaban J connectivity index is 3.35. The summed E-state index contributed by atoms with van der Waals surface area (Å²) in [4.78, 5) is 21.3. The molecule has 0 saturated heterocycles. The molecule has 0 heterocycles. The molecule has 1 unspecified atom stereocenters. The van der Waals surface area contributed by atoms with E-state index in [1.54, 1.807) is 0 Å².